The largest absolute Gasteiger partial charge is 0.481 e. The Hall–Kier alpha value is -1.68. The van der Waals surface area contributed by atoms with Crippen LogP contribution in [-0.2, 0) is 9.53 Å². The quantitative estimate of drug-likeness (QED) is 0.863. The molecule has 2 aliphatic heterocycles. The first-order valence-electron chi connectivity index (χ1n) is 7.68. The molecule has 4 nitrogen and oxygen atoms in total. The van der Waals surface area contributed by atoms with E-state index in [9.17, 15) is 9.90 Å². The molecule has 0 aromatic carbocycles. The van der Waals surface area contributed by atoms with Gasteiger partial charge in [-0.05, 0) is 24.8 Å². The number of hydrogen-bond donors (Lipinski definition) is 1. The zero-order valence-corrected chi connectivity index (χ0v) is 12.6. The van der Waals surface area contributed by atoms with Crippen molar-refractivity contribution in [3.05, 3.63) is 35.1 Å². The first-order valence-corrected chi connectivity index (χ1v) is 7.68. The van der Waals surface area contributed by atoms with Crippen LogP contribution in [0.1, 0.15) is 39.5 Å². The Balaban J connectivity index is 2.07. The fourth-order valence-electron chi connectivity index (χ4n) is 3.53. The molecule has 1 N–H and O–H groups in total. The van der Waals surface area contributed by atoms with Crippen molar-refractivity contribution >= 4 is 11.7 Å². The molecule has 0 amide bonds. The molecule has 0 saturated heterocycles. The second-order valence-corrected chi connectivity index (χ2v) is 5.82. The zero-order chi connectivity index (χ0) is 15.0. The minimum atomic E-state index is -0.834. The van der Waals surface area contributed by atoms with Gasteiger partial charge in [-0.2, -0.15) is 0 Å². The van der Waals surface area contributed by atoms with Crippen molar-refractivity contribution in [2.75, 3.05) is 6.61 Å². The van der Waals surface area contributed by atoms with Crippen LogP contribution in [0.3, 0.4) is 0 Å². The summed E-state index contributed by atoms with van der Waals surface area (Å²) in [5.41, 5.74) is 3.59. The highest BCUT2D eigenvalue weighted by Gasteiger charge is 2.45. The van der Waals surface area contributed by atoms with Gasteiger partial charge in [-0.25, -0.2) is 0 Å². The summed E-state index contributed by atoms with van der Waals surface area (Å²) in [4.78, 5) is 16.1. The molecule has 0 saturated carbocycles. The molecule has 2 heterocycles. The molecule has 21 heavy (non-hydrogen) atoms. The second-order valence-electron chi connectivity index (χ2n) is 5.82. The normalized spacial score (nSPS) is 30.7. The van der Waals surface area contributed by atoms with Crippen molar-refractivity contribution in [3.63, 3.8) is 0 Å². The number of allylic oxidation sites excluding steroid dienone is 4. The SMILES string of the molecule is CCC1C=CC=C2C1=NC1=C2CCOC1(CC)CC(=O)O. The Bertz CT molecular complexity index is 597. The number of aliphatic carboxylic acids is 1. The molecule has 0 bridgehead atoms. The number of carboxylic acids is 1. The topological polar surface area (TPSA) is 58.9 Å². The monoisotopic (exact) mass is 287 g/mol. The van der Waals surface area contributed by atoms with E-state index >= 15 is 0 Å². The molecule has 0 aromatic rings. The van der Waals surface area contributed by atoms with Crippen molar-refractivity contribution in [2.45, 2.75) is 45.1 Å². The maximum atomic E-state index is 11.3. The maximum Gasteiger partial charge on any atom is 0.306 e. The smallest absolute Gasteiger partial charge is 0.306 e. The minimum absolute atomic E-state index is 0.0172. The van der Waals surface area contributed by atoms with Crippen LogP contribution >= 0.6 is 0 Å². The van der Waals surface area contributed by atoms with Gasteiger partial charge in [0.1, 0.15) is 5.60 Å². The lowest BCUT2D eigenvalue weighted by atomic mass is 9.82. The highest BCUT2D eigenvalue weighted by molar-refractivity contribution is 6.10. The second kappa shape index (κ2) is 5.26. The van der Waals surface area contributed by atoms with Gasteiger partial charge in [0.2, 0.25) is 0 Å². The highest BCUT2D eigenvalue weighted by atomic mass is 16.5. The molecule has 2 atom stereocenters. The number of nitrogens with zero attached hydrogens (tertiary/aromatic N) is 1. The molecule has 1 aliphatic carbocycles. The van der Waals surface area contributed by atoms with Gasteiger partial charge in [0, 0.05) is 11.5 Å². The number of carboxylic acid groups (broad SMARTS) is 1. The number of hydrogen-bond acceptors (Lipinski definition) is 3. The summed E-state index contributed by atoms with van der Waals surface area (Å²) >= 11 is 0. The van der Waals surface area contributed by atoms with E-state index in [4.69, 9.17) is 9.73 Å². The Morgan fingerprint density at radius 1 is 1.52 bits per heavy atom. The predicted octanol–water partition coefficient (Wildman–Crippen LogP) is 3.26. The van der Waals surface area contributed by atoms with E-state index in [1.54, 1.807) is 0 Å². The van der Waals surface area contributed by atoms with Gasteiger partial charge in [-0.1, -0.05) is 32.1 Å². The van der Waals surface area contributed by atoms with Crippen LogP contribution in [0.4, 0.5) is 0 Å². The molecule has 2 unspecified atom stereocenters. The highest BCUT2D eigenvalue weighted by Crippen LogP contribution is 2.45. The van der Waals surface area contributed by atoms with Crippen LogP contribution in [-0.4, -0.2) is 29.0 Å². The molecule has 0 aromatic heterocycles. The lowest BCUT2D eigenvalue weighted by molar-refractivity contribution is -0.144. The van der Waals surface area contributed by atoms with Gasteiger partial charge in [0.25, 0.3) is 0 Å². The summed E-state index contributed by atoms with van der Waals surface area (Å²) < 4.78 is 5.92. The van der Waals surface area contributed by atoms with Crippen molar-refractivity contribution in [1.29, 1.82) is 0 Å². The van der Waals surface area contributed by atoms with Crippen LogP contribution in [0.15, 0.2) is 40.1 Å². The summed E-state index contributed by atoms with van der Waals surface area (Å²) in [7, 11) is 0. The van der Waals surface area contributed by atoms with E-state index in [-0.39, 0.29) is 6.42 Å². The van der Waals surface area contributed by atoms with Crippen molar-refractivity contribution in [1.82, 2.24) is 0 Å². The van der Waals surface area contributed by atoms with Gasteiger partial charge >= 0.3 is 5.97 Å². The molecule has 0 radical (unpaired) electrons. The average molecular weight is 287 g/mol. The van der Waals surface area contributed by atoms with E-state index in [1.165, 1.54) is 11.1 Å². The van der Waals surface area contributed by atoms with Gasteiger partial charge in [0.05, 0.1) is 24.4 Å². The molecule has 4 heteroatoms. The van der Waals surface area contributed by atoms with Gasteiger partial charge < -0.3 is 9.84 Å². The van der Waals surface area contributed by atoms with Gasteiger partial charge in [-0.3, -0.25) is 9.79 Å². The third-order valence-electron chi connectivity index (χ3n) is 4.69. The Kier molecular flexibility index (Phi) is 3.57. The molecular formula is C17H21NO3. The summed E-state index contributed by atoms with van der Waals surface area (Å²) in [6.45, 7) is 4.70. The van der Waals surface area contributed by atoms with Crippen molar-refractivity contribution < 1.29 is 14.6 Å². The fraction of sp³-hybridized carbons (Fsp3) is 0.529. The Morgan fingerprint density at radius 2 is 2.33 bits per heavy atom. The number of carbonyl (C=O) groups is 1. The van der Waals surface area contributed by atoms with E-state index in [0.29, 0.717) is 18.9 Å². The average Bonchev–Trinajstić information content (AvgIpc) is 2.87. The lowest BCUT2D eigenvalue weighted by Gasteiger charge is -2.35. The fourth-order valence-corrected chi connectivity index (χ4v) is 3.53. The molecule has 0 spiro atoms. The van der Waals surface area contributed by atoms with Crippen LogP contribution < -0.4 is 0 Å². The number of ether oxygens (including phenoxy) is 1. The van der Waals surface area contributed by atoms with E-state index < -0.39 is 11.6 Å². The maximum absolute atomic E-state index is 11.3. The summed E-state index contributed by atoms with van der Waals surface area (Å²) in [5.74, 6) is -0.505. The molecule has 0 fully saturated rings. The van der Waals surface area contributed by atoms with Crippen LogP contribution in [0.2, 0.25) is 0 Å². The molecule has 3 aliphatic rings. The first-order chi connectivity index (χ1) is 10.1. The summed E-state index contributed by atoms with van der Waals surface area (Å²) in [6, 6.07) is 0. The summed E-state index contributed by atoms with van der Waals surface area (Å²) in [5, 5.41) is 9.26. The lowest BCUT2D eigenvalue weighted by Crippen LogP contribution is -2.39. The first kappa shape index (κ1) is 14.3. The van der Waals surface area contributed by atoms with Crippen molar-refractivity contribution in [2.24, 2.45) is 10.9 Å². The van der Waals surface area contributed by atoms with Crippen molar-refractivity contribution in [3.8, 4) is 0 Å². The van der Waals surface area contributed by atoms with E-state index in [2.05, 4.69) is 25.2 Å². The third-order valence-corrected chi connectivity index (χ3v) is 4.69. The minimum Gasteiger partial charge on any atom is -0.481 e. The molecular weight excluding hydrogens is 266 g/mol. The zero-order valence-electron chi connectivity index (χ0n) is 12.6. The van der Waals surface area contributed by atoms with E-state index in [0.717, 1.165) is 24.3 Å². The van der Waals surface area contributed by atoms with Gasteiger partial charge in [-0.15, -0.1) is 0 Å². The Morgan fingerprint density at radius 3 is 3.00 bits per heavy atom. The Labute approximate surface area is 124 Å². The van der Waals surface area contributed by atoms with Gasteiger partial charge in [0.15, 0.2) is 0 Å². The molecule has 3 rings (SSSR count). The number of fused-ring (bicyclic) bond motifs is 2. The van der Waals surface area contributed by atoms with Crippen LogP contribution in [0, 0.1) is 5.92 Å². The number of rotatable bonds is 4. The number of aliphatic imine (C=N–C) groups is 1. The van der Waals surface area contributed by atoms with Crippen LogP contribution in [0.5, 0.6) is 0 Å². The molecule has 112 valence electrons. The summed E-state index contributed by atoms with van der Waals surface area (Å²) in [6.07, 6.45) is 8.82. The van der Waals surface area contributed by atoms with Crippen LogP contribution in [0.25, 0.3) is 0 Å². The third kappa shape index (κ3) is 2.18. The predicted molar refractivity (Wildman–Crippen MR) is 81.3 cm³/mol. The van der Waals surface area contributed by atoms with E-state index in [1.807, 2.05) is 6.92 Å². The standard InChI is InChI=1S/C17H21NO3/c1-3-11-6-5-7-12-13-8-9-21-17(4-2,10-14(19)20)16(13)18-15(11)12/h5-7,11H,3-4,8-10H2,1-2H3,(H,19,20).